The third-order valence-electron chi connectivity index (χ3n) is 3.83. The minimum atomic E-state index is -4.00. The summed E-state index contributed by atoms with van der Waals surface area (Å²) in [5.41, 5.74) is 3.57. The Labute approximate surface area is 163 Å². The molecule has 0 aliphatic heterocycles. The van der Waals surface area contributed by atoms with Crippen LogP contribution < -0.4 is 10.0 Å². The number of benzene rings is 2. The van der Waals surface area contributed by atoms with Crippen LogP contribution in [0, 0.1) is 20.8 Å². The second kappa shape index (κ2) is 7.96. The highest BCUT2D eigenvalue weighted by atomic mass is 35.5. The highest BCUT2D eigenvalue weighted by molar-refractivity contribution is 7.89. The summed E-state index contributed by atoms with van der Waals surface area (Å²) < 4.78 is 27.4. The van der Waals surface area contributed by atoms with E-state index in [9.17, 15) is 13.2 Å². The van der Waals surface area contributed by atoms with Crippen LogP contribution in [0.15, 0.2) is 35.2 Å². The summed E-state index contributed by atoms with van der Waals surface area (Å²) in [6.45, 7) is 7.20. The zero-order valence-electron chi connectivity index (χ0n) is 14.9. The molecule has 26 heavy (non-hydrogen) atoms. The molecule has 0 saturated heterocycles. The van der Waals surface area contributed by atoms with E-state index in [0.717, 1.165) is 16.7 Å². The third-order valence-corrected chi connectivity index (χ3v) is 6.09. The Bertz CT molecular complexity index is 936. The fraction of sp³-hybridized carbons (Fsp3) is 0.278. The van der Waals surface area contributed by atoms with Crippen LogP contribution in [0.25, 0.3) is 0 Å². The van der Waals surface area contributed by atoms with Gasteiger partial charge in [-0.15, -0.1) is 0 Å². The van der Waals surface area contributed by atoms with Crippen molar-refractivity contribution in [3.8, 4) is 0 Å². The number of carbonyl (C=O) groups excluding carboxylic acids is 1. The summed E-state index contributed by atoms with van der Waals surface area (Å²) in [6, 6.07) is 7.01. The van der Waals surface area contributed by atoms with Gasteiger partial charge in [-0.05, 0) is 57.0 Å². The van der Waals surface area contributed by atoms with Gasteiger partial charge in [-0.1, -0.05) is 40.9 Å². The van der Waals surface area contributed by atoms with Gasteiger partial charge in [0.15, 0.2) is 0 Å². The van der Waals surface area contributed by atoms with Crippen molar-refractivity contribution in [1.29, 1.82) is 0 Å². The second-order valence-electron chi connectivity index (χ2n) is 6.18. The molecule has 2 rings (SSSR count). The third kappa shape index (κ3) is 4.76. The molecule has 0 aliphatic carbocycles. The second-order valence-corrected chi connectivity index (χ2v) is 8.71. The van der Waals surface area contributed by atoms with Crippen molar-refractivity contribution in [3.63, 3.8) is 0 Å². The number of anilines is 1. The maximum absolute atomic E-state index is 12.5. The SMILES string of the molecule is Cc1cc(C)c(NC(=O)[C@H](C)NS(=O)(=O)c2cc(Cl)ccc2Cl)c(C)c1. The number of nitrogens with one attached hydrogen (secondary N) is 2. The molecule has 0 aliphatic rings. The Morgan fingerprint density at radius 3 is 2.19 bits per heavy atom. The van der Waals surface area contributed by atoms with E-state index in [4.69, 9.17) is 23.2 Å². The van der Waals surface area contributed by atoms with Crippen LogP contribution in [0.4, 0.5) is 5.69 Å². The van der Waals surface area contributed by atoms with Gasteiger partial charge in [0.2, 0.25) is 15.9 Å². The van der Waals surface area contributed by atoms with Crippen LogP contribution >= 0.6 is 23.2 Å². The Hall–Kier alpha value is -1.60. The van der Waals surface area contributed by atoms with E-state index in [1.807, 2.05) is 32.9 Å². The molecule has 0 bridgehead atoms. The van der Waals surface area contributed by atoms with Crippen LogP contribution in [0.1, 0.15) is 23.6 Å². The molecule has 0 heterocycles. The Morgan fingerprint density at radius 1 is 1.04 bits per heavy atom. The van der Waals surface area contributed by atoms with Crippen molar-refractivity contribution in [3.05, 3.63) is 57.1 Å². The van der Waals surface area contributed by atoms with Gasteiger partial charge in [0.25, 0.3) is 0 Å². The van der Waals surface area contributed by atoms with E-state index >= 15 is 0 Å². The molecule has 2 N–H and O–H groups in total. The number of amides is 1. The number of rotatable bonds is 5. The summed E-state index contributed by atoms with van der Waals surface area (Å²) >= 11 is 11.8. The lowest BCUT2D eigenvalue weighted by Gasteiger charge is -2.18. The molecule has 0 fully saturated rings. The molecule has 0 saturated carbocycles. The number of halogens is 2. The summed E-state index contributed by atoms with van der Waals surface area (Å²) in [6.07, 6.45) is 0. The quantitative estimate of drug-likeness (QED) is 0.768. The zero-order chi connectivity index (χ0) is 19.6. The molecule has 5 nitrogen and oxygen atoms in total. The number of hydrogen-bond acceptors (Lipinski definition) is 3. The lowest BCUT2D eigenvalue weighted by atomic mass is 10.0. The van der Waals surface area contributed by atoms with Crippen LogP contribution in [0.2, 0.25) is 10.0 Å². The van der Waals surface area contributed by atoms with Crippen LogP contribution in [0.3, 0.4) is 0 Å². The first-order valence-corrected chi connectivity index (χ1v) is 10.1. The van der Waals surface area contributed by atoms with E-state index in [1.54, 1.807) is 0 Å². The lowest BCUT2D eigenvalue weighted by molar-refractivity contribution is -0.117. The Kier molecular flexibility index (Phi) is 6.34. The van der Waals surface area contributed by atoms with Gasteiger partial charge in [-0.25, -0.2) is 8.42 Å². The largest absolute Gasteiger partial charge is 0.324 e. The van der Waals surface area contributed by atoms with Crippen LogP contribution in [-0.4, -0.2) is 20.4 Å². The summed E-state index contributed by atoms with van der Waals surface area (Å²) in [7, 11) is -4.00. The maximum atomic E-state index is 12.5. The van der Waals surface area contributed by atoms with Crippen molar-refractivity contribution in [2.24, 2.45) is 0 Å². The normalized spacial score (nSPS) is 12.7. The van der Waals surface area contributed by atoms with E-state index in [0.29, 0.717) is 5.69 Å². The smallest absolute Gasteiger partial charge is 0.242 e. The molecular formula is C18H20Cl2N2O3S. The van der Waals surface area contributed by atoms with Gasteiger partial charge in [0.1, 0.15) is 4.90 Å². The topological polar surface area (TPSA) is 75.3 Å². The molecule has 0 aromatic heterocycles. The highest BCUT2D eigenvalue weighted by Crippen LogP contribution is 2.25. The van der Waals surface area contributed by atoms with Crippen molar-refractivity contribution in [2.45, 2.75) is 38.6 Å². The van der Waals surface area contributed by atoms with Gasteiger partial charge in [-0.3, -0.25) is 4.79 Å². The highest BCUT2D eigenvalue weighted by Gasteiger charge is 2.25. The molecule has 2 aromatic carbocycles. The predicted molar refractivity (Wildman–Crippen MR) is 106 cm³/mol. The first kappa shape index (κ1) is 20.7. The van der Waals surface area contributed by atoms with E-state index in [2.05, 4.69) is 10.0 Å². The molecule has 0 spiro atoms. The molecule has 1 atom stereocenters. The minimum Gasteiger partial charge on any atom is -0.324 e. The van der Waals surface area contributed by atoms with Crippen molar-refractivity contribution in [1.82, 2.24) is 4.72 Å². The van der Waals surface area contributed by atoms with Gasteiger partial charge < -0.3 is 5.32 Å². The van der Waals surface area contributed by atoms with Crippen molar-refractivity contribution < 1.29 is 13.2 Å². The average molecular weight is 415 g/mol. The fourth-order valence-electron chi connectivity index (χ4n) is 2.64. The standard InChI is InChI=1S/C18H20Cl2N2O3S/c1-10-7-11(2)17(12(3)8-10)21-18(23)13(4)22-26(24,25)16-9-14(19)5-6-15(16)20/h5-9,13,22H,1-4H3,(H,21,23)/t13-/m0/s1. The van der Waals surface area contributed by atoms with E-state index in [-0.39, 0.29) is 14.9 Å². The van der Waals surface area contributed by atoms with Gasteiger partial charge in [-0.2, -0.15) is 4.72 Å². The number of sulfonamides is 1. The lowest BCUT2D eigenvalue weighted by Crippen LogP contribution is -2.41. The number of aryl methyl sites for hydroxylation is 3. The van der Waals surface area contributed by atoms with Crippen molar-refractivity contribution in [2.75, 3.05) is 5.32 Å². The summed E-state index contributed by atoms with van der Waals surface area (Å²) in [5, 5.41) is 3.04. The fourth-order valence-corrected chi connectivity index (χ4v) is 4.61. The van der Waals surface area contributed by atoms with Crippen molar-refractivity contribution >= 4 is 44.8 Å². The van der Waals surface area contributed by atoms with Crippen LogP contribution in [-0.2, 0) is 14.8 Å². The molecular weight excluding hydrogens is 395 g/mol. The first-order valence-electron chi connectivity index (χ1n) is 7.87. The van der Waals surface area contributed by atoms with Crippen LogP contribution in [0.5, 0.6) is 0 Å². The van der Waals surface area contributed by atoms with E-state index in [1.165, 1.54) is 25.1 Å². The summed E-state index contributed by atoms with van der Waals surface area (Å²) in [5.74, 6) is -0.471. The zero-order valence-corrected chi connectivity index (χ0v) is 17.2. The Morgan fingerprint density at radius 2 is 1.62 bits per heavy atom. The molecule has 0 unspecified atom stereocenters. The molecule has 1 amide bonds. The Balaban J connectivity index is 2.20. The maximum Gasteiger partial charge on any atom is 0.242 e. The number of hydrogen-bond donors (Lipinski definition) is 2. The first-order chi connectivity index (χ1) is 12.0. The molecule has 8 heteroatoms. The summed E-state index contributed by atoms with van der Waals surface area (Å²) in [4.78, 5) is 12.3. The minimum absolute atomic E-state index is 0.0275. The average Bonchev–Trinajstić information content (AvgIpc) is 2.52. The predicted octanol–water partition coefficient (Wildman–Crippen LogP) is 4.22. The van der Waals surface area contributed by atoms with Gasteiger partial charge in [0.05, 0.1) is 11.1 Å². The molecule has 2 aromatic rings. The van der Waals surface area contributed by atoms with Gasteiger partial charge in [0, 0.05) is 10.7 Å². The monoisotopic (exact) mass is 414 g/mol. The van der Waals surface area contributed by atoms with E-state index < -0.39 is 22.0 Å². The molecule has 0 radical (unpaired) electrons. The number of carbonyl (C=O) groups is 1. The molecule has 140 valence electrons. The van der Waals surface area contributed by atoms with Gasteiger partial charge >= 0.3 is 0 Å².